The van der Waals surface area contributed by atoms with E-state index in [0.29, 0.717) is 31.6 Å². The molecule has 0 aliphatic carbocycles. The fourth-order valence-electron chi connectivity index (χ4n) is 1.75. The molecule has 0 saturated heterocycles. The summed E-state index contributed by atoms with van der Waals surface area (Å²) in [6, 6.07) is 9.49. The van der Waals surface area contributed by atoms with Gasteiger partial charge < -0.3 is 14.2 Å². The lowest BCUT2D eigenvalue weighted by Crippen LogP contribution is -1.94. The average molecular weight is 322 g/mol. The third-order valence-electron chi connectivity index (χ3n) is 2.67. The van der Waals surface area contributed by atoms with E-state index in [0.717, 1.165) is 5.56 Å². The van der Waals surface area contributed by atoms with E-state index in [2.05, 4.69) is 11.8 Å². The van der Waals surface area contributed by atoms with Gasteiger partial charge in [0.15, 0.2) is 0 Å². The molecule has 5 heteroatoms. The van der Waals surface area contributed by atoms with Gasteiger partial charge in [0.25, 0.3) is 0 Å². The predicted molar refractivity (Wildman–Crippen MR) is 89.4 cm³/mol. The molecule has 1 rings (SSSR count). The van der Waals surface area contributed by atoms with Crippen LogP contribution >= 0.6 is 7.60 Å². The molecule has 1 aromatic rings. The van der Waals surface area contributed by atoms with E-state index in [1.807, 2.05) is 30.3 Å². The Balaban J connectivity index is 3.14. The van der Waals surface area contributed by atoms with Crippen molar-refractivity contribution < 1.29 is 18.7 Å². The molecule has 120 valence electrons. The second-order valence-electron chi connectivity index (χ2n) is 4.41. The van der Waals surface area contributed by atoms with Gasteiger partial charge in [-0.25, -0.2) is 0 Å². The normalized spacial score (nSPS) is 11.9. The van der Waals surface area contributed by atoms with Gasteiger partial charge in [0.1, 0.15) is 0 Å². The summed E-state index contributed by atoms with van der Waals surface area (Å²) in [7, 11) is -3.31. The minimum Gasteiger partial charge on any atom is -0.396 e. The quantitative estimate of drug-likeness (QED) is 0.445. The topological polar surface area (TPSA) is 55.8 Å². The first kappa shape index (κ1) is 18.7. The van der Waals surface area contributed by atoms with Crippen molar-refractivity contribution in [2.75, 3.05) is 19.8 Å². The maximum Gasteiger partial charge on any atom is 0.355 e. The number of unbranched alkanes of at least 4 members (excludes halogenated alkanes) is 1. The van der Waals surface area contributed by atoms with Crippen LogP contribution in [0, 0.1) is 11.8 Å². The average Bonchev–Trinajstić information content (AvgIpc) is 2.52. The summed E-state index contributed by atoms with van der Waals surface area (Å²) in [6.45, 7) is 4.25. The maximum absolute atomic E-state index is 12.7. The van der Waals surface area contributed by atoms with Gasteiger partial charge in [0, 0.05) is 24.4 Å². The van der Waals surface area contributed by atoms with Crippen LogP contribution in [-0.2, 0) is 13.6 Å². The molecule has 0 bridgehead atoms. The molecule has 0 unspecified atom stereocenters. The summed E-state index contributed by atoms with van der Waals surface area (Å²) in [4.78, 5) is 0. The maximum atomic E-state index is 12.7. The third kappa shape index (κ3) is 6.60. The Morgan fingerprint density at radius 2 is 1.86 bits per heavy atom. The standard InChI is InChI=1S/C17H23O4P/c1-3-20-22(19,21-4-2)15-17(13-9-6-10-14-18)16-11-7-5-8-12-16/h5,7-8,11-12,15,18H,3-4,6,10,14H2,1-2H3/b17-15+. The second kappa shape index (κ2) is 10.4. The number of benzene rings is 1. The number of rotatable bonds is 8. The highest BCUT2D eigenvalue weighted by atomic mass is 31.2. The fourth-order valence-corrected chi connectivity index (χ4v) is 3.22. The Labute approximate surface area is 132 Å². The number of aliphatic hydroxyl groups is 1. The number of aliphatic hydroxyl groups excluding tert-OH is 1. The predicted octanol–water partition coefficient (Wildman–Crippen LogP) is 4.07. The second-order valence-corrected chi connectivity index (χ2v) is 6.27. The van der Waals surface area contributed by atoms with Crippen LogP contribution in [0.3, 0.4) is 0 Å². The molecular formula is C17H23O4P. The molecule has 0 aliphatic heterocycles. The number of allylic oxidation sites excluding steroid dienone is 1. The summed E-state index contributed by atoms with van der Waals surface area (Å²) in [5.74, 6) is 7.48. The Hall–Kier alpha value is -1.37. The Bertz CT molecular complexity index is 559. The van der Waals surface area contributed by atoms with Gasteiger partial charge in [-0.3, -0.25) is 4.57 Å². The third-order valence-corrected chi connectivity index (χ3v) is 4.48. The van der Waals surface area contributed by atoms with E-state index in [9.17, 15) is 4.57 Å². The van der Waals surface area contributed by atoms with Crippen molar-refractivity contribution in [2.24, 2.45) is 0 Å². The van der Waals surface area contributed by atoms with E-state index < -0.39 is 7.60 Å². The summed E-state index contributed by atoms with van der Waals surface area (Å²) < 4.78 is 23.3. The molecule has 0 atom stereocenters. The fraction of sp³-hybridized carbons (Fsp3) is 0.412. The highest BCUT2D eigenvalue weighted by Gasteiger charge is 2.21. The zero-order chi connectivity index (χ0) is 16.3. The first-order valence-corrected chi connectivity index (χ1v) is 9.03. The summed E-state index contributed by atoms with van der Waals surface area (Å²) in [5.41, 5.74) is 1.47. The summed E-state index contributed by atoms with van der Waals surface area (Å²) in [5, 5.41) is 8.81. The molecule has 0 heterocycles. The lowest BCUT2D eigenvalue weighted by molar-refractivity contribution is 0.229. The van der Waals surface area contributed by atoms with Crippen molar-refractivity contribution in [1.82, 2.24) is 0 Å². The molecular weight excluding hydrogens is 299 g/mol. The molecule has 4 nitrogen and oxygen atoms in total. The van der Waals surface area contributed by atoms with Gasteiger partial charge in [-0.2, -0.15) is 0 Å². The van der Waals surface area contributed by atoms with Crippen LogP contribution in [0.1, 0.15) is 32.3 Å². The van der Waals surface area contributed by atoms with E-state index in [4.69, 9.17) is 14.2 Å². The molecule has 0 amide bonds. The molecule has 0 aliphatic rings. The van der Waals surface area contributed by atoms with E-state index in [1.165, 1.54) is 5.82 Å². The number of hydrogen-bond acceptors (Lipinski definition) is 4. The van der Waals surface area contributed by atoms with Crippen LogP contribution in [-0.4, -0.2) is 24.9 Å². The van der Waals surface area contributed by atoms with Crippen molar-refractivity contribution in [3.63, 3.8) is 0 Å². The van der Waals surface area contributed by atoms with Gasteiger partial charge in [-0.05, 0) is 25.8 Å². The van der Waals surface area contributed by atoms with Crippen LogP contribution in [0.25, 0.3) is 5.57 Å². The summed E-state index contributed by atoms with van der Waals surface area (Å²) >= 11 is 0. The molecule has 0 spiro atoms. The van der Waals surface area contributed by atoms with Gasteiger partial charge >= 0.3 is 7.60 Å². The Morgan fingerprint density at radius 1 is 1.23 bits per heavy atom. The first-order valence-electron chi connectivity index (χ1n) is 7.42. The first-order chi connectivity index (χ1) is 10.6. The largest absolute Gasteiger partial charge is 0.396 e. The van der Waals surface area contributed by atoms with Crippen molar-refractivity contribution in [3.8, 4) is 11.8 Å². The molecule has 0 fully saturated rings. The van der Waals surface area contributed by atoms with Crippen LogP contribution < -0.4 is 0 Å². The minimum atomic E-state index is -3.31. The van der Waals surface area contributed by atoms with Crippen LogP contribution in [0.15, 0.2) is 36.1 Å². The molecule has 22 heavy (non-hydrogen) atoms. The van der Waals surface area contributed by atoms with E-state index in [-0.39, 0.29) is 6.61 Å². The number of hydrogen-bond donors (Lipinski definition) is 1. The highest BCUT2D eigenvalue weighted by molar-refractivity contribution is 7.57. The lowest BCUT2D eigenvalue weighted by atomic mass is 10.1. The van der Waals surface area contributed by atoms with Crippen molar-refractivity contribution >= 4 is 13.2 Å². The smallest absolute Gasteiger partial charge is 0.355 e. The van der Waals surface area contributed by atoms with Gasteiger partial charge in [0.2, 0.25) is 0 Å². The lowest BCUT2D eigenvalue weighted by Gasteiger charge is -2.14. The minimum absolute atomic E-state index is 0.107. The van der Waals surface area contributed by atoms with Crippen molar-refractivity contribution in [3.05, 3.63) is 41.7 Å². The van der Waals surface area contributed by atoms with E-state index >= 15 is 0 Å². The van der Waals surface area contributed by atoms with Crippen molar-refractivity contribution in [1.29, 1.82) is 0 Å². The highest BCUT2D eigenvalue weighted by Crippen LogP contribution is 2.51. The van der Waals surface area contributed by atoms with Gasteiger partial charge in [0.05, 0.1) is 13.2 Å². The van der Waals surface area contributed by atoms with Gasteiger partial charge in [-0.15, -0.1) is 0 Å². The molecule has 0 aromatic heterocycles. The van der Waals surface area contributed by atoms with Crippen LogP contribution in [0.4, 0.5) is 0 Å². The zero-order valence-corrected chi connectivity index (χ0v) is 14.0. The Morgan fingerprint density at radius 3 is 2.41 bits per heavy atom. The van der Waals surface area contributed by atoms with Crippen LogP contribution in [0.5, 0.6) is 0 Å². The molecule has 1 aromatic carbocycles. The van der Waals surface area contributed by atoms with Crippen molar-refractivity contribution in [2.45, 2.75) is 26.7 Å². The van der Waals surface area contributed by atoms with E-state index in [1.54, 1.807) is 13.8 Å². The molecule has 1 N–H and O–H groups in total. The Kier molecular flexibility index (Phi) is 8.81. The summed E-state index contributed by atoms with van der Waals surface area (Å²) in [6.07, 6.45) is 1.19. The monoisotopic (exact) mass is 322 g/mol. The molecule has 0 saturated carbocycles. The van der Waals surface area contributed by atoms with Crippen LogP contribution in [0.2, 0.25) is 0 Å². The van der Waals surface area contributed by atoms with Gasteiger partial charge in [-0.1, -0.05) is 42.2 Å². The molecule has 0 radical (unpaired) electrons. The SMILES string of the molecule is CCOP(=O)(/C=C(\C#CCCCO)c1ccccc1)OCC. The zero-order valence-electron chi connectivity index (χ0n) is 13.1.